The van der Waals surface area contributed by atoms with Gasteiger partial charge in [0, 0.05) is 30.2 Å². The molecule has 2 N–H and O–H groups in total. The molecule has 2 aromatic rings. The number of carbonyl (C=O) groups excluding carboxylic acids is 1. The van der Waals surface area contributed by atoms with Crippen molar-refractivity contribution < 1.29 is 14.3 Å². The van der Waals surface area contributed by atoms with E-state index >= 15 is 0 Å². The van der Waals surface area contributed by atoms with Crippen molar-refractivity contribution in [2.24, 2.45) is 0 Å². The largest absolute Gasteiger partial charge is 0.497 e. The highest BCUT2D eigenvalue weighted by Gasteiger charge is 2.06. The third-order valence-corrected chi connectivity index (χ3v) is 4.09. The van der Waals surface area contributed by atoms with E-state index in [1.54, 1.807) is 13.2 Å². The molecule has 6 heteroatoms. The smallest absolute Gasteiger partial charge is 0.225 e. The van der Waals surface area contributed by atoms with Gasteiger partial charge in [-0.2, -0.15) is 0 Å². The number of halogens is 1. The van der Waals surface area contributed by atoms with Crippen LogP contribution in [-0.4, -0.2) is 32.7 Å². The number of hydrogen-bond acceptors (Lipinski definition) is 4. The van der Waals surface area contributed by atoms with Gasteiger partial charge in [0.1, 0.15) is 18.1 Å². The predicted molar refractivity (Wildman–Crippen MR) is 101 cm³/mol. The summed E-state index contributed by atoms with van der Waals surface area (Å²) in [4.78, 5) is 12.0. The molecular formula is C19H23ClN2O3. The fourth-order valence-electron chi connectivity index (χ4n) is 2.20. The average molecular weight is 363 g/mol. The Bertz CT molecular complexity index is 690. The van der Waals surface area contributed by atoms with Gasteiger partial charge in [0.05, 0.1) is 7.11 Å². The minimum atomic E-state index is -0.0473. The standard InChI is InChI=1S/C19H23ClN2O3/c1-14-17(20)4-3-5-18(14)22-19(23)10-11-21-12-13-25-16-8-6-15(24-2)7-9-16/h3-9,21H,10-13H2,1-2H3,(H,22,23). The number of anilines is 1. The maximum absolute atomic E-state index is 12.0. The maximum Gasteiger partial charge on any atom is 0.225 e. The lowest BCUT2D eigenvalue weighted by Crippen LogP contribution is -2.25. The number of methoxy groups -OCH3 is 1. The van der Waals surface area contributed by atoms with Crippen molar-refractivity contribution in [3.8, 4) is 11.5 Å². The van der Waals surface area contributed by atoms with Gasteiger partial charge in [-0.25, -0.2) is 0 Å². The van der Waals surface area contributed by atoms with E-state index in [0.29, 0.717) is 31.1 Å². The van der Waals surface area contributed by atoms with Gasteiger partial charge in [-0.3, -0.25) is 4.79 Å². The second kappa shape index (κ2) is 9.91. The van der Waals surface area contributed by atoms with Crippen LogP contribution in [-0.2, 0) is 4.79 Å². The van der Waals surface area contributed by atoms with Gasteiger partial charge >= 0.3 is 0 Å². The van der Waals surface area contributed by atoms with Gasteiger partial charge in [0.15, 0.2) is 0 Å². The first-order chi connectivity index (χ1) is 12.1. The number of ether oxygens (including phenoxy) is 2. The minimum absolute atomic E-state index is 0.0473. The zero-order valence-electron chi connectivity index (χ0n) is 14.5. The average Bonchev–Trinajstić information content (AvgIpc) is 2.62. The third kappa shape index (κ3) is 6.29. The molecule has 0 unspecified atom stereocenters. The van der Waals surface area contributed by atoms with Crippen molar-refractivity contribution in [1.82, 2.24) is 5.32 Å². The Morgan fingerprint density at radius 2 is 1.80 bits per heavy atom. The Kier molecular flexibility index (Phi) is 7.57. The third-order valence-electron chi connectivity index (χ3n) is 3.68. The number of carbonyl (C=O) groups is 1. The molecule has 0 saturated carbocycles. The van der Waals surface area contributed by atoms with E-state index in [2.05, 4.69) is 10.6 Å². The molecule has 2 aromatic carbocycles. The first-order valence-electron chi connectivity index (χ1n) is 8.12. The van der Waals surface area contributed by atoms with Crippen LogP contribution in [0.25, 0.3) is 0 Å². The van der Waals surface area contributed by atoms with Gasteiger partial charge in [-0.15, -0.1) is 0 Å². The van der Waals surface area contributed by atoms with Crippen LogP contribution in [0.1, 0.15) is 12.0 Å². The van der Waals surface area contributed by atoms with Crippen LogP contribution in [0.15, 0.2) is 42.5 Å². The fourth-order valence-corrected chi connectivity index (χ4v) is 2.37. The quantitative estimate of drug-likeness (QED) is 0.668. The molecule has 0 heterocycles. The summed E-state index contributed by atoms with van der Waals surface area (Å²) in [6, 6.07) is 12.9. The van der Waals surface area contributed by atoms with E-state index in [4.69, 9.17) is 21.1 Å². The summed E-state index contributed by atoms with van der Waals surface area (Å²) in [5, 5.41) is 6.70. The first-order valence-corrected chi connectivity index (χ1v) is 8.50. The van der Waals surface area contributed by atoms with Crippen molar-refractivity contribution in [3.05, 3.63) is 53.1 Å². The molecule has 0 fully saturated rings. The lowest BCUT2D eigenvalue weighted by atomic mass is 10.2. The van der Waals surface area contributed by atoms with E-state index in [0.717, 1.165) is 22.7 Å². The van der Waals surface area contributed by atoms with Crippen LogP contribution in [0.2, 0.25) is 5.02 Å². The normalized spacial score (nSPS) is 10.4. The van der Waals surface area contributed by atoms with Gasteiger partial charge in [0.2, 0.25) is 5.91 Å². The highest BCUT2D eigenvalue weighted by molar-refractivity contribution is 6.31. The van der Waals surface area contributed by atoms with E-state index in [-0.39, 0.29) is 5.91 Å². The Morgan fingerprint density at radius 3 is 2.52 bits per heavy atom. The van der Waals surface area contributed by atoms with Gasteiger partial charge in [-0.05, 0) is 48.9 Å². The molecule has 5 nitrogen and oxygen atoms in total. The molecule has 134 valence electrons. The van der Waals surface area contributed by atoms with Crippen molar-refractivity contribution in [3.63, 3.8) is 0 Å². The summed E-state index contributed by atoms with van der Waals surface area (Å²) < 4.78 is 10.7. The van der Waals surface area contributed by atoms with E-state index in [1.165, 1.54) is 0 Å². The summed E-state index contributed by atoms with van der Waals surface area (Å²) in [5.41, 5.74) is 1.62. The van der Waals surface area contributed by atoms with Crippen molar-refractivity contribution >= 4 is 23.2 Å². The zero-order valence-corrected chi connectivity index (χ0v) is 15.2. The number of hydrogen-bond donors (Lipinski definition) is 2. The Hall–Kier alpha value is -2.24. The van der Waals surface area contributed by atoms with E-state index in [1.807, 2.05) is 43.3 Å². The van der Waals surface area contributed by atoms with Crippen LogP contribution in [0.4, 0.5) is 5.69 Å². The molecule has 0 radical (unpaired) electrons. The molecule has 2 rings (SSSR count). The van der Waals surface area contributed by atoms with Gasteiger partial charge in [0.25, 0.3) is 0 Å². The molecule has 25 heavy (non-hydrogen) atoms. The number of rotatable bonds is 9. The molecule has 0 saturated heterocycles. The van der Waals surface area contributed by atoms with E-state index < -0.39 is 0 Å². The highest BCUT2D eigenvalue weighted by atomic mass is 35.5. The van der Waals surface area contributed by atoms with Crippen LogP contribution >= 0.6 is 11.6 Å². The fraction of sp³-hybridized carbons (Fsp3) is 0.316. The highest BCUT2D eigenvalue weighted by Crippen LogP contribution is 2.22. The molecule has 0 aromatic heterocycles. The summed E-state index contributed by atoms with van der Waals surface area (Å²) >= 11 is 6.04. The molecule has 1 amide bonds. The SMILES string of the molecule is COc1ccc(OCCNCCC(=O)Nc2cccc(Cl)c2C)cc1. The molecule has 0 bridgehead atoms. The zero-order chi connectivity index (χ0) is 18.1. The van der Waals surface area contributed by atoms with Crippen LogP contribution < -0.4 is 20.1 Å². The number of benzene rings is 2. The second-order valence-corrected chi connectivity index (χ2v) is 5.89. The van der Waals surface area contributed by atoms with Crippen molar-refractivity contribution in [1.29, 1.82) is 0 Å². The van der Waals surface area contributed by atoms with Crippen LogP contribution in [0.5, 0.6) is 11.5 Å². The Morgan fingerprint density at radius 1 is 1.08 bits per heavy atom. The molecule has 0 spiro atoms. The summed E-state index contributed by atoms with van der Waals surface area (Å²) in [6.45, 7) is 3.65. The van der Waals surface area contributed by atoms with Gasteiger partial charge in [-0.1, -0.05) is 17.7 Å². The van der Waals surface area contributed by atoms with Gasteiger partial charge < -0.3 is 20.1 Å². The Balaban J connectivity index is 1.60. The molecular weight excluding hydrogens is 340 g/mol. The summed E-state index contributed by atoms with van der Waals surface area (Å²) in [6.07, 6.45) is 0.383. The molecule has 0 atom stereocenters. The molecule has 0 aliphatic rings. The number of amides is 1. The lowest BCUT2D eigenvalue weighted by Gasteiger charge is -2.10. The minimum Gasteiger partial charge on any atom is -0.497 e. The Labute approximate surface area is 153 Å². The predicted octanol–water partition coefficient (Wildman–Crippen LogP) is 3.65. The number of nitrogens with one attached hydrogen (secondary N) is 2. The molecule has 0 aliphatic heterocycles. The first kappa shape index (κ1) is 19.1. The summed E-state index contributed by atoms with van der Waals surface area (Å²) in [5.74, 6) is 1.54. The molecule has 0 aliphatic carbocycles. The lowest BCUT2D eigenvalue weighted by molar-refractivity contribution is -0.116. The topological polar surface area (TPSA) is 59.6 Å². The van der Waals surface area contributed by atoms with E-state index in [9.17, 15) is 4.79 Å². The second-order valence-electron chi connectivity index (χ2n) is 5.48. The maximum atomic E-state index is 12.0. The van der Waals surface area contributed by atoms with Crippen molar-refractivity contribution in [2.45, 2.75) is 13.3 Å². The van der Waals surface area contributed by atoms with Crippen LogP contribution in [0.3, 0.4) is 0 Å². The monoisotopic (exact) mass is 362 g/mol. The van der Waals surface area contributed by atoms with Crippen LogP contribution in [0, 0.1) is 6.92 Å². The van der Waals surface area contributed by atoms with Crippen molar-refractivity contribution in [2.75, 3.05) is 32.1 Å². The summed E-state index contributed by atoms with van der Waals surface area (Å²) in [7, 11) is 1.63.